The van der Waals surface area contributed by atoms with Crippen LogP contribution in [0.4, 0.5) is 5.95 Å². The van der Waals surface area contributed by atoms with Crippen LogP contribution in [0.25, 0.3) is 0 Å². The Morgan fingerprint density at radius 1 is 0.706 bits per heavy atom. The first-order valence-electron chi connectivity index (χ1n) is 11.9. The molecule has 11 heteroatoms. The molecule has 1 aromatic heterocycles. The van der Waals surface area contributed by atoms with E-state index in [4.69, 9.17) is 9.47 Å². The predicted octanol–water partition coefficient (Wildman–Crippen LogP) is 3.25. The molecule has 0 spiro atoms. The van der Waals surface area contributed by atoms with Crippen LogP contribution in [0.5, 0.6) is 12.0 Å². The Kier molecular flexibility index (Phi) is 7.11. The highest BCUT2D eigenvalue weighted by molar-refractivity contribution is 5.26. The molecular formula is C23H41N7O4. The number of piperidine rings is 2. The summed E-state index contributed by atoms with van der Waals surface area (Å²) in [5, 5.41) is 29.4. The van der Waals surface area contributed by atoms with E-state index in [2.05, 4.69) is 20.4 Å². The first-order valence-corrected chi connectivity index (χ1v) is 11.9. The highest BCUT2D eigenvalue weighted by atomic mass is 16.5. The number of rotatable bonds is 6. The molecule has 11 nitrogen and oxygen atoms in total. The van der Waals surface area contributed by atoms with E-state index in [0.717, 1.165) is 10.1 Å². The van der Waals surface area contributed by atoms with Gasteiger partial charge in [-0.2, -0.15) is 9.97 Å². The summed E-state index contributed by atoms with van der Waals surface area (Å²) in [5.74, 6) is 0.296. The van der Waals surface area contributed by atoms with Gasteiger partial charge in [-0.25, -0.2) is 5.01 Å². The van der Waals surface area contributed by atoms with Gasteiger partial charge in [-0.15, -0.1) is 25.5 Å². The highest BCUT2D eigenvalue weighted by Gasteiger charge is 2.48. The highest BCUT2D eigenvalue weighted by Crippen LogP contribution is 2.40. The van der Waals surface area contributed by atoms with Gasteiger partial charge in [0.1, 0.15) is 12.2 Å². The first kappa shape index (κ1) is 26.8. The number of hydrazine groups is 1. The minimum absolute atomic E-state index is 0.144. The number of hydroxylamine groups is 4. The van der Waals surface area contributed by atoms with Gasteiger partial charge in [-0.1, -0.05) is 0 Å². The van der Waals surface area contributed by atoms with Crippen molar-refractivity contribution >= 4 is 5.95 Å². The minimum atomic E-state index is -0.576. The lowest BCUT2D eigenvalue weighted by atomic mass is 9.80. The Morgan fingerprint density at radius 2 is 1.03 bits per heavy atom. The normalized spacial score (nSPS) is 25.3. The zero-order valence-corrected chi connectivity index (χ0v) is 22.3. The fourth-order valence-electron chi connectivity index (χ4n) is 5.50. The van der Waals surface area contributed by atoms with E-state index in [1.165, 1.54) is 0 Å². The molecule has 2 aliphatic rings. The Labute approximate surface area is 203 Å². The van der Waals surface area contributed by atoms with Crippen LogP contribution in [0.3, 0.4) is 0 Å². The molecule has 1 aromatic rings. The van der Waals surface area contributed by atoms with Gasteiger partial charge in [0, 0.05) is 61.9 Å². The standard InChI is InChI=1S/C23H41N7O4/c1-20(2)11-15(12-21(3,4)29(20)31)33-18-24-17(27-28(9)10)25-19(26-18)34-16-13-22(5,6)30(32)23(7,8)14-16/h15-16H,11-14H2,1-10H3,(H,24,25,26,27). The van der Waals surface area contributed by atoms with Crippen molar-refractivity contribution in [3.8, 4) is 12.0 Å². The molecule has 0 atom stereocenters. The second-order valence-electron chi connectivity index (χ2n) is 12.4. The molecule has 0 bridgehead atoms. The fourth-order valence-corrected chi connectivity index (χ4v) is 5.50. The molecule has 2 saturated heterocycles. The maximum absolute atomic E-state index is 12.7. The van der Waals surface area contributed by atoms with Crippen molar-refractivity contribution in [2.45, 2.75) is 115 Å². The fraction of sp³-hybridized carbons (Fsp3) is 0.870. The molecule has 3 rings (SSSR count). The molecule has 0 saturated carbocycles. The maximum Gasteiger partial charge on any atom is 0.324 e. The van der Waals surface area contributed by atoms with Gasteiger partial charge in [0.25, 0.3) is 0 Å². The van der Waals surface area contributed by atoms with Crippen LogP contribution in [0.15, 0.2) is 0 Å². The van der Waals surface area contributed by atoms with Gasteiger partial charge >= 0.3 is 12.0 Å². The van der Waals surface area contributed by atoms with E-state index < -0.39 is 22.2 Å². The third-order valence-corrected chi connectivity index (χ3v) is 6.57. The third-order valence-electron chi connectivity index (χ3n) is 6.57. The van der Waals surface area contributed by atoms with Crippen LogP contribution < -0.4 is 14.9 Å². The number of hydrogen-bond donors (Lipinski definition) is 1. The van der Waals surface area contributed by atoms with E-state index in [1.54, 1.807) is 5.01 Å². The van der Waals surface area contributed by atoms with Gasteiger partial charge < -0.3 is 9.47 Å². The van der Waals surface area contributed by atoms with E-state index in [1.807, 2.05) is 69.5 Å². The van der Waals surface area contributed by atoms with Crippen molar-refractivity contribution in [2.75, 3.05) is 19.5 Å². The summed E-state index contributed by atoms with van der Waals surface area (Å²) < 4.78 is 12.4. The lowest BCUT2D eigenvalue weighted by Crippen LogP contribution is -2.60. The summed E-state index contributed by atoms with van der Waals surface area (Å²) in [6.07, 6.45) is 1.70. The lowest BCUT2D eigenvalue weighted by Gasteiger charge is -2.49. The van der Waals surface area contributed by atoms with Crippen LogP contribution in [-0.4, -0.2) is 78.5 Å². The molecule has 34 heavy (non-hydrogen) atoms. The molecule has 192 valence electrons. The summed E-state index contributed by atoms with van der Waals surface area (Å²) in [6, 6.07) is 0.287. The van der Waals surface area contributed by atoms with Crippen molar-refractivity contribution in [1.29, 1.82) is 0 Å². The van der Waals surface area contributed by atoms with Gasteiger partial charge in [-0.05, 0) is 55.4 Å². The van der Waals surface area contributed by atoms with Crippen LogP contribution in [-0.2, 0) is 10.4 Å². The summed E-state index contributed by atoms with van der Waals surface area (Å²) in [7, 11) is 3.66. The number of aromatic nitrogens is 3. The van der Waals surface area contributed by atoms with Gasteiger partial charge in [0.2, 0.25) is 5.95 Å². The molecule has 2 aliphatic heterocycles. The minimum Gasteiger partial charge on any atom is -0.460 e. The Morgan fingerprint density at radius 3 is 1.32 bits per heavy atom. The molecule has 0 aliphatic carbocycles. The van der Waals surface area contributed by atoms with Gasteiger partial charge in [0.15, 0.2) is 0 Å². The summed E-state index contributed by atoms with van der Waals surface area (Å²) in [5.41, 5.74) is 0.728. The smallest absolute Gasteiger partial charge is 0.324 e. The molecule has 1 N–H and O–H groups in total. The van der Waals surface area contributed by atoms with Crippen LogP contribution in [0.1, 0.15) is 81.1 Å². The first-order chi connectivity index (χ1) is 15.4. The summed E-state index contributed by atoms with van der Waals surface area (Å²) in [6.45, 7) is 15.4. The molecule has 3 heterocycles. The van der Waals surface area contributed by atoms with Crippen LogP contribution >= 0.6 is 0 Å². The zero-order chi connectivity index (χ0) is 25.7. The number of hydrogen-bond acceptors (Lipinski definition) is 9. The monoisotopic (exact) mass is 479 g/mol. The molecule has 2 radical (unpaired) electrons. The van der Waals surface area contributed by atoms with Crippen molar-refractivity contribution < 1.29 is 19.9 Å². The van der Waals surface area contributed by atoms with Crippen molar-refractivity contribution in [2.24, 2.45) is 0 Å². The number of anilines is 1. The van der Waals surface area contributed by atoms with Crippen molar-refractivity contribution in [1.82, 2.24) is 30.1 Å². The number of ether oxygens (including phenoxy) is 2. The lowest BCUT2D eigenvalue weighted by molar-refractivity contribution is -0.297. The zero-order valence-electron chi connectivity index (χ0n) is 22.3. The molecule has 0 amide bonds. The van der Waals surface area contributed by atoms with Gasteiger partial charge in [-0.3, -0.25) is 5.43 Å². The molecule has 0 unspecified atom stereocenters. The average molecular weight is 480 g/mol. The Hall–Kier alpha value is -1.79. The van der Waals surface area contributed by atoms with E-state index in [0.29, 0.717) is 31.6 Å². The van der Waals surface area contributed by atoms with Crippen LogP contribution in [0.2, 0.25) is 0 Å². The predicted molar refractivity (Wildman–Crippen MR) is 126 cm³/mol. The summed E-state index contributed by atoms with van der Waals surface area (Å²) in [4.78, 5) is 13.3. The van der Waals surface area contributed by atoms with Gasteiger partial charge in [0.05, 0.1) is 0 Å². The largest absolute Gasteiger partial charge is 0.460 e. The van der Waals surface area contributed by atoms with Crippen LogP contribution in [0, 0.1) is 0 Å². The quantitative estimate of drug-likeness (QED) is 0.613. The van der Waals surface area contributed by atoms with E-state index >= 15 is 0 Å². The second-order valence-corrected chi connectivity index (χ2v) is 12.4. The maximum atomic E-state index is 12.7. The Balaban J connectivity index is 1.84. The molecule has 0 aromatic carbocycles. The summed E-state index contributed by atoms with van der Waals surface area (Å²) >= 11 is 0. The van der Waals surface area contributed by atoms with Crippen molar-refractivity contribution in [3.63, 3.8) is 0 Å². The second kappa shape index (κ2) is 9.02. The Bertz CT molecular complexity index is 777. The van der Waals surface area contributed by atoms with Crippen molar-refractivity contribution in [3.05, 3.63) is 0 Å². The van der Waals surface area contributed by atoms with E-state index in [-0.39, 0.29) is 24.2 Å². The SMILES string of the molecule is CN(C)Nc1nc(OC2CC(C)(C)N([O])C(C)(C)C2)nc(OC2CC(C)(C)N([O])C(C)(C)C2)n1. The molecular weight excluding hydrogens is 438 g/mol. The number of nitrogens with zero attached hydrogens (tertiary/aromatic N) is 6. The topological polar surface area (TPSA) is 119 Å². The third kappa shape index (κ3) is 5.88. The van der Waals surface area contributed by atoms with E-state index in [9.17, 15) is 10.4 Å². The number of nitrogens with one attached hydrogen (secondary N) is 1. The molecule has 2 fully saturated rings. The average Bonchev–Trinajstić information content (AvgIpc) is 2.62.